The second-order valence-corrected chi connectivity index (χ2v) is 4.39. The summed E-state index contributed by atoms with van der Waals surface area (Å²) in [5.41, 5.74) is 0.922. The summed E-state index contributed by atoms with van der Waals surface area (Å²) in [5.74, 6) is 0.917. The van der Waals surface area contributed by atoms with Crippen molar-refractivity contribution in [3.05, 3.63) is 46.3 Å². The summed E-state index contributed by atoms with van der Waals surface area (Å²) >= 11 is 0. The standard InChI is InChI=1S/C13H16N4O3/c1-9(10-6-4-5-7-11(10)20-3)15-13-12(17(18)19)14-8-16(13)2/h4-9,15H,1-3H3/t9-/m1/s1. The summed E-state index contributed by atoms with van der Waals surface area (Å²) in [6, 6.07) is 7.39. The van der Waals surface area contributed by atoms with E-state index in [0.29, 0.717) is 5.82 Å². The minimum absolute atomic E-state index is 0.153. The maximum Gasteiger partial charge on any atom is 0.406 e. The normalized spacial score (nSPS) is 11.9. The van der Waals surface area contributed by atoms with Gasteiger partial charge in [-0.2, -0.15) is 0 Å². The highest BCUT2D eigenvalue weighted by Crippen LogP contribution is 2.30. The number of rotatable bonds is 5. The largest absolute Gasteiger partial charge is 0.496 e. The molecule has 0 bridgehead atoms. The van der Waals surface area contributed by atoms with E-state index < -0.39 is 4.92 Å². The van der Waals surface area contributed by atoms with Gasteiger partial charge in [-0.3, -0.25) is 4.57 Å². The minimum atomic E-state index is -0.503. The number of benzene rings is 1. The number of para-hydroxylation sites is 1. The molecule has 0 aliphatic carbocycles. The number of nitro groups is 1. The number of anilines is 1. The molecule has 7 nitrogen and oxygen atoms in total. The zero-order valence-corrected chi connectivity index (χ0v) is 11.5. The van der Waals surface area contributed by atoms with E-state index in [-0.39, 0.29) is 11.9 Å². The van der Waals surface area contributed by atoms with Crippen LogP contribution in [0.4, 0.5) is 11.6 Å². The zero-order valence-electron chi connectivity index (χ0n) is 11.5. The molecule has 0 radical (unpaired) electrons. The highest BCUT2D eigenvalue weighted by Gasteiger charge is 2.22. The Morgan fingerprint density at radius 3 is 2.80 bits per heavy atom. The Kier molecular flexibility index (Phi) is 3.88. The number of aromatic nitrogens is 2. The molecule has 0 saturated carbocycles. The van der Waals surface area contributed by atoms with E-state index in [4.69, 9.17) is 4.74 Å². The lowest BCUT2D eigenvalue weighted by atomic mass is 10.1. The fraction of sp³-hybridized carbons (Fsp3) is 0.308. The molecule has 0 aliphatic rings. The van der Waals surface area contributed by atoms with Crippen molar-refractivity contribution in [2.45, 2.75) is 13.0 Å². The molecule has 0 fully saturated rings. The Bertz CT molecular complexity index is 624. The highest BCUT2D eigenvalue weighted by atomic mass is 16.6. The van der Waals surface area contributed by atoms with Crippen LogP contribution in [-0.2, 0) is 7.05 Å². The molecule has 106 valence electrons. The molecule has 7 heteroatoms. The lowest BCUT2D eigenvalue weighted by molar-refractivity contribution is -0.388. The van der Waals surface area contributed by atoms with Crippen LogP contribution in [0.15, 0.2) is 30.6 Å². The lowest BCUT2D eigenvalue weighted by Gasteiger charge is -2.17. The van der Waals surface area contributed by atoms with Crippen LogP contribution in [0.3, 0.4) is 0 Å². The lowest BCUT2D eigenvalue weighted by Crippen LogP contribution is -2.11. The van der Waals surface area contributed by atoms with E-state index in [1.54, 1.807) is 18.7 Å². The van der Waals surface area contributed by atoms with Gasteiger partial charge < -0.3 is 20.2 Å². The quantitative estimate of drug-likeness (QED) is 0.670. The first kappa shape index (κ1) is 13.9. The summed E-state index contributed by atoms with van der Waals surface area (Å²) in [6.07, 6.45) is 1.41. The molecule has 20 heavy (non-hydrogen) atoms. The summed E-state index contributed by atoms with van der Waals surface area (Å²) in [6.45, 7) is 1.91. The van der Waals surface area contributed by atoms with Crippen LogP contribution in [-0.4, -0.2) is 21.6 Å². The van der Waals surface area contributed by atoms with Crippen LogP contribution >= 0.6 is 0 Å². The first-order valence-corrected chi connectivity index (χ1v) is 6.09. The molecule has 0 saturated heterocycles. The summed E-state index contributed by atoms with van der Waals surface area (Å²) in [7, 11) is 3.30. The van der Waals surface area contributed by atoms with Gasteiger partial charge in [0.15, 0.2) is 0 Å². The third kappa shape index (κ3) is 2.56. The van der Waals surface area contributed by atoms with E-state index >= 15 is 0 Å². The summed E-state index contributed by atoms with van der Waals surface area (Å²) in [5, 5.41) is 14.1. The van der Waals surface area contributed by atoms with Crippen LogP contribution in [0.2, 0.25) is 0 Å². The van der Waals surface area contributed by atoms with Crippen molar-refractivity contribution in [1.82, 2.24) is 9.55 Å². The molecule has 2 aromatic rings. The van der Waals surface area contributed by atoms with Gasteiger partial charge in [-0.25, -0.2) is 0 Å². The third-order valence-electron chi connectivity index (χ3n) is 3.05. The Morgan fingerprint density at radius 2 is 2.15 bits per heavy atom. The first-order valence-electron chi connectivity index (χ1n) is 6.09. The van der Waals surface area contributed by atoms with Gasteiger partial charge in [-0.1, -0.05) is 18.2 Å². The number of hydrogen-bond acceptors (Lipinski definition) is 5. The van der Waals surface area contributed by atoms with Gasteiger partial charge in [0, 0.05) is 12.6 Å². The van der Waals surface area contributed by atoms with Crippen molar-refractivity contribution in [2.75, 3.05) is 12.4 Å². The number of hydrogen-bond donors (Lipinski definition) is 1. The molecular weight excluding hydrogens is 260 g/mol. The smallest absolute Gasteiger partial charge is 0.406 e. The number of methoxy groups -OCH3 is 1. The van der Waals surface area contributed by atoms with Crippen molar-refractivity contribution in [2.24, 2.45) is 7.05 Å². The molecule has 0 unspecified atom stereocenters. The van der Waals surface area contributed by atoms with Crippen LogP contribution in [0.1, 0.15) is 18.5 Å². The number of aryl methyl sites for hydroxylation is 1. The van der Waals surface area contributed by atoms with Crippen molar-refractivity contribution < 1.29 is 9.66 Å². The Hall–Kier alpha value is -2.57. The summed E-state index contributed by atoms with van der Waals surface area (Å²) in [4.78, 5) is 14.2. The van der Waals surface area contributed by atoms with Gasteiger partial charge >= 0.3 is 5.82 Å². The molecule has 0 aliphatic heterocycles. The van der Waals surface area contributed by atoms with Crippen LogP contribution in [0.25, 0.3) is 0 Å². The topological polar surface area (TPSA) is 82.2 Å². The second-order valence-electron chi connectivity index (χ2n) is 4.39. The molecule has 1 aromatic heterocycles. The van der Waals surface area contributed by atoms with E-state index in [2.05, 4.69) is 10.3 Å². The van der Waals surface area contributed by atoms with Crippen molar-refractivity contribution in [1.29, 1.82) is 0 Å². The fourth-order valence-corrected chi connectivity index (χ4v) is 2.02. The molecule has 2 rings (SSSR count). The molecule has 0 spiro atoms. The van der Waals surface area contributed by atoms with Gasteiger partial charge in [0.05, 0.1) is 13.2 Å². The van der Waals surface area contributed by atoms with Gasteiger partial charge in [0.25, 0.3) is 0 Å². The van der Waals surface area contributed by atoms with Crippen molar-refractivity contribution in [3.63, 3.8) is 0 Å². The molecule has 0 amide bonds. The maximum absolute atomic E-state index is 10.9. The molecule has 1 aromatic carbocycles. The third-order valence-corrected chi connectivity index (χ3v) is 3.05. The average Bonchev–Trinajstić information content (AvgIpc) is 2.80. The van der Waals surface area contributed by atoms with Crippen LogP contribution in [0, 0.1) is 10.1 Å². The van der Waals surface area contributed by atoms with Crippen molar-refractivity contribution in [3.8, 4) is 5.75 Å². The number of nitrogens with zero attached hydrogens (tertiary/aromatic N) is 3. The van der Waals surface area contributed by atoms with Crippen LogP contribution in [0.5, 0.6) is 5.75 Å². The van der Waals surface area contributed by atoms with E-state index in [0.717, 1.165) is 11.3 Å². The zero-order chi connectivity index (χ0) is 14.7. The number of imidazole rings is 1. The molecule has 1 atom stereocenters. The van der Waals surface area contributed by atoms with Gasteiger partial charge in [0.2, 0.25) is 12.1 Å². The predicted molar refractivity (Wildman–Crippen MR) is 74.9 cm³/mol. The van der Waals surface area contributed by atoms with Gasteiger partial charge in [-0.15, -0.1) is 0 Å². The average molecular weight is 276 g/mol. The minimum Gasteiger partial charge on any atom is -0.496 e. The molecular formula is C13H16N4O3. The van der Waals surface area contributed by atoms with Gasteiger partial charge in [0.1, 0.15) is 5.75 Å². The maximum atomic E-state index is 10.9. The van der Waals surface area contributed by atoms with E-state index in [1.807, 2.05) is 31.2 Å². The fourth-order valence-electron chi connectivity index (χ4n) is 2.02. The SMILES string of the molecule is COc1ccccc1[C@@H](C)Nc1c([N+](=O)[O-])ncn1C. The number of nitrogens with one attached hydrogen (secondary N) is 1. The van der Waals surface area contributed by atoms with Crippen molar-refractivity contribution >= 4 is 11.6 Å². The Balaban J connectivity index is 2.30. The number of ether oxygens (including phenoxy) is 1. The first-order chi connectivity index (χ1) is 9.54. The Morgan fingerprint density at radius 1 is 1.45 bits per heavy atom. The predicted octanol–water partition coefficient (Wildman–Crippen LogP) is 2.51. The second kappa shape index (κ2) is 5.60. The highest BCUT2D eigenvalue weighted by molar-refractivity contribution is 5.54. The van der Waals surface area contributed by atoms with Crippen LogP contribution < -0.4 is 10.1 Å². The van der Waals surface area contributed by atoms with Gasteiger partial charge in [-0.05, 0) is 22.9 Å². The molecule has 1 N–H and O–H groups in total. The Labute approximate surface area is 116 Å². The summed E-state index contributed by atoms with van der Waals surface area (Å²) < 4.78 is 6.88. The van der Waals surface area contributed by atoms with E-state index in [1.165, 1.54) is 6.33 Å². The molecule has 1 heterocycles. The monoisotopic (exact) mass is 276 g/mol. The van der Waals surface area contributed by atoms with E-state index in [9.17, 15) is 10.1 Å².